The van der Waals surface area contributed by atoms with Gasteiger partial charge in [0.15, 0.2) is 0 Å². The molecular weight excluding hydrogens is 323 g/mol. The average Bonchev–Trinajstić information content (AvgIpc) is 2.41. The predicted octanol–water partition coefficient (Wildman–Crippen LogP) is -1.08. The van der Waals surface area contributed by atoms with E-state index in [1.165, 1.54) is 12.1 Å². The van der Waals surface area contributed by atoms with Crippen LogP contribution in [-0.2, 0) is 20.2 Å². The first-order valence-electron chi connectivity index (χ1n) is 5.95. The summed E-state index contributed by atoms with van der Waals surface area (Å²) in [5.74, 6) is -0.820. The van der Waals surface area contributed by atoms with Gasteiger partial charge in [0, 0.05) is 26.2 Å². The van der Waals surface area contributed by atoms with Crippen LogP contribution in [-0.4, -0.2) is 51.6 Å². The molecule has 1 aliphatic heterocycles. The lowest BCUT2D eigenvalue weighted by atomic mass is 10.3. The number of hydrogen-bond donors (Lipinski definition) is 2. The highest BCUT2D eigenvalue weighted by molar-refractivity contribution is 7.89. The maximum absolute atomic E-state index is 13.4. The van der Waals surface area contributed by atoms with Crippen molar-refractivity contribution in [3.8, 4) is 0 Å². The Labute approximate surface area is 122 Å². The molecular formula is C10H15FN4O4S2. The molecule has 0 radical (unpaired) electrons. The maximum atomic E-state index is 13.4. The van der Waals surface area contributed by atoms with Crippen LogP contribution >= 0.6 is 0 Å². The normalized spacial score (nSPS) is 18.8. The number of piperazine rings is 1. The van der Waals surface area contributed by atoms with Crippen molar-refractivity contribution in [2.24, 2.45) is 5.14 Å². The fourth-order valence-electron chi connectivity index (χ4n) is 1.98. The van der Waals surface area contributed by atoms with Gasteiger partial charge in [-0.3, -0.25) is 0 Å². The Bertz CT molecular complexity index is 742. The van der Waals surface area contributed by atoms with Gasteiger partial charge in [0.25, 0.3) is 10.2 Å². The van der Waals surface area contributed by atoms with E-state index in [9.17, 15) is 21.2 Å². The van der Waals surface area contributed by atoms with E-state index < -0.39 is 26.0 Å². The largest absolute Gasteiger partial charge is 0.396 e. The number of hydrogen-bond acceptors (Lipinski definition) is 5. The monoisotopic (exact) mass is 338 g/mol. The number of rotatable bonds is 3. The number of nitrogens with two attached hydrogens (primary N) is 2. The molecule has 1 aliphatic rings. The molecule has 118 valence electrons. The molecule has 8 nitrogen and oxygen atoms in total. The van der Waals surface area contributed by atoms with Crippen LogP contribution in [0, 0.1) is 5.82 Å². The van der Waals surface area contributed by atoms with Gasteiger partial charge < -0.3 is 5.73 Å². The molecule has 1 fully saturated rings. The first-order valence-corrected chi connectivity index (χ1v) is 8.90. The van der Waals surface area contributed by atoms with Crippen molar-refractivity contribution in [3.63, 3.8) is 0 Å². The standard InChI is InChI=1S/C10H15FN4O4S2/c11-9-7-8(1-2-10(9)12)20(16,17)14-3-5-15(6-4-14)21(13,18)19/h1-2,7H,3-6,12H2,(H2,13,18,19). The second-order valence-corrected chi connectivity index (χ2v) is 8.02. The minimum atomic E-state index is -3.89. The topological polar surface area (TPSA) is 127 Å². The molecule has 11 heteroatoms. The van der Waals surface area contributed by atoms with Gasteiger partial charge in [0.05, 0.1) is 10.6 Å². The smallest absolute Gasteiger partial charge is 0.276 e. The van der Waals surface area contributed by atoms with Gasteiger partial charge in [-0.05, 0) is 18.2 Å². The van der Waals surface area contributed by atoms with Crippen LogP contribution in [0.2, 0.25) is 0 Å². The average molecular weight is 338 g/mol. The summed E-state index contributed by atoms with van der Waals surface area (Å²) in [4.78, 5) is -0.224. The Hall–Kier alpha value is -1.27. The number of nitrogen functional groups attached to an aromatic ring is 1. The summed E-state index contributed by atoms with van der Waals surface area (Å²) in [6.45, 7) is -0.194. The Balaban J connectivity index is 2.20. The molecule has 0 amide bonds. The molecule has 2 rings (SSSR count). The third-order valence-corrected chi connectivity index (χ3v) is 6.15. The summed E-state index contributed by atoms with van der Waals surface area (Å²) < 4.78 is 62.4. The van der Waals surface area contributed by atoms with Crippen LogP contribution in [0.4, 0.5) is 10.1 Å². The van der Waals surface area contributed by atoms with Gasteiger partial charge in [-0.1, -0.05) is 0 Å². The molecule has 0 atom stereocenters. The third kappa shape index (κ3) is 3.32. The van der Waals surface area contributed by atoms with E-state index in [0.717, 1.165) is 14.7 Å². The molecule has 0 spiro atoms. The molecule has 0 unspecified atom stereocenters. The number of benzene rings is 1. The number of anilines is 1. The van der Waals surface area contributed by atoms with Crippen LogP contribution in [0.3, 0.4) is 0 Å². The van der Waals surface area contributed by atoms with Crippen molar-refractivity contribution in [1.82, 2.24) is 8.61 Å². The highest BCUT2D eigenvalue weighted by Gasteiger charge is 2.31. The Morgan fingerprint density at radius 3 is 2.00 bits per heavy atom. The fraction of sp³-hybridized carbons (Fsp3) is 0.400. The first-order chi connectivity index (χ1) is 9.62. The van der Waals surface area contributed by atoms with Gasteiger partial charge in [0.2, 0.25) is 10.0 Å². The van der Waals surface area contributed by atoms with Gasteiger partial charge in [-0.15, -0.1) is 0 Å². The van der Waals surface area contributed by atoms with E-state index in [4.69, 9.17) is 10.9 Å². The molecule has 0 saturated carbocycles. The highest BCUT2D eigenvalue weighted by Crippen LogP contribution is 2.21. The quantitative estimate of drug-likeness (QED) is 0.678. The lowest BCUT2D eigenvalue weighted by Gasteiger charge is -2.32. The summed E-state index contributed by atoms with van der Waals surface area (Å²) in [7, 11) is -7.73. The van der Waals surface area contributed by atoms with Crippen LogP contribution in [0.25, 0.3) is 0 Å². The zero-order valence-electron chi connectivity index (χ0n) is 10.9. The lowest BCUT2D eigenvalue weighted by molar-refractivity contribution is 0.273. The van der Waals surface area contributed by atoms with E-state index in [1.807, 2.05) is 0 Å². The highest BCUT2D eigenvalue weighted by atomic mass is 32.2. The van der Waals surface area contributed by atoms with Gasteiger partial charge in [-0.2, -0.15) is 17.0 Å². The molecule has 0 aromatic heterocycles. The van der Waals surface area contributed by atoms with Crippen molar-refractivity contribution in [2.45, 2.75) is 4.90 Å². The Morgan fingerprint density at radius 1 is 1.00 bits per heavy atom. The molecule has 21 heavy (non-hydrogen) atoms. The molecule has 1 saturated heterocycles. The van der Waals surface area contributed by atoms with Crippen LogP contribution in [0.1, 0.15) is 0 Å². The van der Waals surface area contributed by atoms with E-state index in [-0.39, 0.29) is 36.8 Å². The zero-order chi connectivity index (χ0) is 15.8. The molecule has 1 aromatic rings. The van der Waals surface area contributed by atoms with Crippen molar-refractivity contribution in [1.29, 1.82) is 0 Å². The molecule has 0 bridgehead atoms. The maximum Gasteiger partial charge on any atom is 0.276 e. The van der Waals surface area contributed by atoms with Crippen LogP contribution in [0.15, 0.2) is 23.1 Å². The van der Waals surface area contributed by atoms with E-state index >= 15 is 0 Å². The number of halogens is 1. The fourth-order valence-corrected chi connectivity index (χ4v) is 4.09. The van der Waals surface area contributed by atoms with Crippen molar-refractivity contribution in [2.75, 3.05) is 31.9 Å². The van der Waals surface area contributed by atoms with Gasteiger partial charge in [-0.25, -0.2) is 17.9 Å². The van der Waals surface area contributed by atoms with Crippen molar-refractivity contribution in [3.05, 3.63) is 24.0 Å². The Kier molecular flexibility index (Phi) is 4.22. The second-order valence-electron chi connectivity index (χ2n) is 4.53. The zero-order valence-corrected chi connectivity index (χ0v) is 12.6. The second kappa shape index (κ2) is 5.50. The van der Waals surface area contributed by atoms with E-state index in [1.54, 1.807) is 0 Å². The van der Waals surface area contributed by atoms with Gasteiger partial charge in [0.1, 0.15) is 5.82 Å². The van der Waals surface area contributed by atoms with Crippen molar-refractivity contribution < 1.29 is 21.2 Å². The first kappa shape index (κ1) is 16.1. The lowest BCUT2D eigenvalue weighted by Crippen LogP contribution is -2.52. The summed E-state index contributed by atoms with van der Waals surface area (Å²) in [5.41, 5.74) is 5.16. The van der Waals surface area contributed by atoms with Crippen molar-refractivity contribution >= 4 is 25.9 Å². The summed E-state index contributed by atoms with van der Waals surface area (Å²) in [6.07, 6.45) is 0. The molecule has 0 aliphatic carbocycles. The Morgan fingerprint density at radius 2 is 1.52 bits per heavy atom. The van der Waals surface area contributed by atoms with Gasteiger partial charge >= 0.3 is 0 Å². The molecule has 4 N–H and O–H groups in total. The number of sulfonamides is 1. The SMILES string of the molecule is Nc1ccc(S(=O)(=O)N2CCN(S(N)(=O)=O)CC2)cc1F. The summed E-state index contributed by atoms with van der Waals surface area (Å²) >= 11 is 0. The molecule has 1 aromatic carbocycles. The predicted molar refractivity (Wildman–Crippen MR) is 74.3 cm³/mol. The minimum Gasteiger partial charge on any atom is -0.396 e. The molecule has 1 heterocycles. The van der Waals surface area contributed by atoms with E-state index in [2.05, 4.69) is 0 Å². The third-order valence-electron chi connectivity index (χ3n) is 3.17. The number of nitrogens with zero attached hydrogens (tertiary/aromatic N) is 2. The van der Waals surface area contributed by atoms with E-state index in [0.29, 0.717) is 0 Å². The minimum absolute atomic E-state index is 0.0461. The summed E-state index contributed by atoms with van der Waals surface area (Å²) in [5, 5.41) is 4.98. The summed E-state index contributed by atoms with van der Waals surface area (Å²) in [6, 6.07) is 3.22. The van der Waals surface area contributed by atoms with Crippen LogP contribution < -0.4 is 10.9 Å². The van der Waals surface area contributed by atoms with Crippen LogP contribution in [0.5, 0.6) is 0 Å².